The van der Waals surface area contributed by atoms with Crippen molar-refractivity contribution in [1.82, 2.24) is 14.8 Å². The van der Waals surface area contributed by atoms with Gasteiger partial charge in [-0.1, -0.05) is 0 Å². The standard InChI is InChI=1S/C12H15N3/c1-9(2)15-10(3)8-12(14-15)11-4-6-13-7-5-11/h4-9H,1-3H3. The molecular formula is C12H15N3. The van der Waals surface area contributed by atoms with Crippen molar-refractivity contribution in [2.75, 3.05) is 0 Å². The molecule has 0 spiro atoms. The summed E-state index contributed by atoms with van der Waals surface area (Å²) < 4.78 is 2.04. The van der Waals surface area contributed by atoms with Crippen molar-refractivity contribution < 1.29 is 0 Å². The Bertz CT molecular complexity index is 443. The minimum atomic E-state index is 0.403. The fourth-order valence-corrected chi connectivity index (χ4v) is 1.67. The number of rotatable bonds is 2. The topological polar surface area (TPSA) is 30.7 Å². The van der Waals surface area contributed by atoms with Crippen LogP contribution in [0.4, 0.5) is 0 Å². The molecule has 2 aromatic heterocycles. The molecular weight excluding hydrogens is 186 g/mol. The van der Waals surface area contributed by atoms with Gasteiger partial charge in [0.25, 0.3) is 0 Å². The van der Waals surface area contributed by atoms with Gasteiger partial charge in [0.2, 0.25) is 0 Å². The zero-order valence-electron chi connectivity index (χ0n) is 9.31. The van der Waals surface area contributed by atoms with E-state index < -0.39 is 0 Å². The van der Waals surface area contributed by atoms with Gasteiger partial charge in [-0.3, -0.25) is 9.67 Å². The highest BCUT2D eigenvalue weighted by Gasteiger charge is 2.07. The van der Waals surface area contributed by atoms with Crippen LogP contribution in [0.5, 0.6) is 0 Å². The molecule has 0 aliphatic carbocycles. The molecule has 0 N–H and O–H groups in total. The normalized spacial score (nSPS) is 10.9. The maximum Gasteiger partial charge on any atom is 0.0927 e. The number of hydrogen-bond acceptors (Lipinski definition) is 2. The molecule has 78 valence electrons. The Labute approximate surface area is 89.8 Å². The molecule has 0 saturated heterocycles. The highest BCUT2D eigenvalue weighted by Crippen LogP contribution is 2.19. The van der Waals surface area contributed by atoms with Gasteiger partial charge in [0.15, 0.2) is 0 Å². The quantitative estimate of drug-likeness (QED) is 0.748. The third-order valence-corrected chi connectivity index (χ3v) is 2.39. The lowest BCUT2D eigenvalue weighted by molar-refractivity contribution is 0.520. The lowest BCUT2D eigenvalue weighted by Gasteiger charge is -2.06. The number of aryl methyl sites for hydroxylation is 1. The summed E-state index contributed by atoms with van der Waals surface area (Å²) in [5, 5.41) is 4.57. The van der Waals surface area contributed by atoms with Crippen LogP contribution in [-0.2, 0) is 0 Å². The van der Waals surface area contributed by atoms with Gasteiger partial charge in [-0.05, 0) is 39.0 Å². The Hall–Kier alpha value is -1.64. The molecule has 15 heavy (non-hydrogen) atoms. The first kappa shape index (κ1) is 9.90. The van der Waals surface area contributed by atoms with E-state index in [9.17, 15) is 0 Å². The van der Waals surface area contributed by atoms with Crippen LogP contribution in [0.2, 0.25) is 0 Å². The average Bonchev–Trinajstić information content (AvgIpc) is 2.62. The Morgan fingerprint density at radius 3 is 2.40 bits per heavy atom. The zero-order valence-corrected chi connectivity index (χ0v) is 9.31. The van der Waals surface area contributed by atoms with E-state index in [4.69, 9.17) is 0 Å². The van der Waals surface area contributed by atoms with E-state index in [0.717, 1.165) is 11.3 Å². The number of hydrogen-bond donors (Lipinski definition) is 0. The van der Waals surface area contributed by atoms with Crippen molar-refractivity contribution in [3.05, 3.63) is 36.3 Å². The van der Waals surface area contributed by atoms with Crippen LogP contribution in [0.25, 0.3) is 11.3 Å². The molecule has 0 aliphatic rings. The Kier molecular flexibility index (Phi) is 2.54. The lowest BCUT2D eigenvalue weighted by Crippen LogP contribution is -2.04. The maximum absolute atomic E-state index is 4.57. The molecule has 0 aromatic carbocycles. The van der Waals surface area contributed by atoms with Crippen LogP contribution in [0.1, 0.15) is 25.6 Å². The predicted molar refractivity (Wildman–Crippen MR) is 60.6 cm³/mol. The number of aromatic nitrogens is 3. The van der Waals surface area contributed by atoms with Crippen LogP contribution in [0.3, 0.4) is 0 Å². The molecule has 0 aliphatic heterocycles. The van der Waals surface area contributed by atoms with Crippen LogP contribution < -0.4 is 0 Å². The van der Waals surface area contributed by atoms with Crippen molar-refractivity contribution in [2.24, 2.45) is 0 Å². The Balaban J connectivity index is 2.43. The summed E-state index contributed by atoms with van der Waals surface area (Å²) in [5.41, 5.74) is 3.33. The molecule has 0 bridgehead atoms. The molecule has 0 saturated carbocycles. The van der Waals surface area contributed by atoms with E-state index >= 15 is 0 Å². The molecule has 2 aromatic rings. The van der Waals surface area contributed by atoms with E-state index in [2.05, 4.69) is 36.9 Å². The summed E-state index contributed by atoms with van der Waals surface area (Å²) in [7, 11) is 0. The van der Waals surface area contributed by atoms with Crippen LogP contribution in [-0.4, -0.2) is 14.8 Å². The van der Waals surface area contributed by atoms with Gasteiger partial charge >= 0.3 is 0 Å². The van der Waals surface area contributed by atoms with Gasteiger partial charge in [0.05, 0.1) is 5.69 Å². The van der Waals surface area contributed by atoms with Gasteiger partial charge in [0, 0.05) is 29.7 Å². The molecule has 0 amide bonds. The molecule has 3 nitrogen and oxygen atoms in total. The second-order valence-corrected chi connectivity index (χ2v) is 3.95. The second-order valence-electron chi connectivity index (χ2n) is 3.95. The highest BCUT2D eigenvalue weighted by molar-refractivity contribution is 5.58. The van der Waals surface area contributed by atoms with Crippen LogP contribution in [0, 0.1) is 6.92 Å². The highest BCUT2D eigenvalue weighted by atomic mass is 15.3. The van der Waals surface area contributed by atoms with Gasteiger partial charge in [-0.2, -0.15) is 5.10 Å². The summed E-state index contributed by atoms with van der Waals surface area (Å²) in [6, 6.07) is 6.47. The van der Waals surface area contributed by atoms with Gasteiger partial charge in [-0.25, -0.2) is 0 Å². The van der Waals surface area contributed by atoms with Crippen molar-refractivity contribution in [1.29, 1.82) is 0 Å². The first-order valence-corrected chi connectivity index (χ1v) is 5.15. The monoisotopic (exact) mass is 201 g/mol. The van der Waals surface area contributed by atoms with E-state index in [1.165, 1.54) is 5.69 Å². The average molecular weight is 201 g/mol. The molecule has 3 heteroatoms. The summed E-state index contributed by atoms with van der Waals surface area (Å²) in [5.74, 6) is 0. The SMILES string of the molecule is Cc1cc(-c2ccncc2)nn1C(C)C. The smallest absolute Gasteiger partial charge is 0.0927 e. The molecule has 0 atom stereocenters. The van der Waals surface area contributed by atoms with E-state index in [0.29, 0.717) is 6.04 Å². The third kappa shape index (κ3) is 1.91. The number of nitrogens with zero attached hydrogens (tertiary/aromatic N) is 3. The third-order valence-electron chi connectivity index (χ3n) is 2.39. The van der Waals surface area contributed by atoms with Crippen LogP contribution in [0.15, 0.2) is 30.6 Å². The fourth-order valence-electron chi connectivity index (χ4n) is 1.67. The first-order chi connectivity index (χ1) is 7.18. The lowest BCUT2D eigenvalue weighted by atomic mass is 10.2. The summed E-state index contributed by atoms with van der Waals surface area (Å²) in [6.07, 6.45) is 3.58. The molecule has 2 rings (SSSR count). The fraction of sp³-hybridized carbons (Fsp3) is 0.333. The summed E-state index contributed by atoms with van der Waals surface area (Å²) in [6.45, 7) is 6.35. The van der Waals surface area contributed by atoms with Crippen molar-refractivity contribution in [3.63, 3.8) is 0 Å². The molecule has 0 unspecified atom stereocenters. The predicted octanol–water partition coefficient (Wildman–Crippen LogP) is 2.83. The largest absolute Gasteiger partial charge is 0.267 e. The van der Waals surface area contributed by atoms with E-state index in [1.54, 1.807) is 12.4 Å². The Morgan fingerprint density at radius 1 is 1.20 bits per heavy atom. The second kappa shape index (κ2) is 3.85. The van der Waals surface area contributed by atoms with Gasteiger partial charge < -0.3 is 0 Å². The van der Waals surface area contributed by atoms with Gasteiger partial charge in [0.1, 0.15) is 0 Å². The number of pyridine rings is 1. The van der Waals surface area contributed by atoms with Crippen molar-refractivity contribution in [3.8, 4) is 11.3 Å². The summed E-state index contributed by atoms with van der Waals surface area (Å²) >= 11 is 0. The van der Waals surface area contributed by atoms with Crippen molar-refractivity contribution in [2.45, 2.75) is 26.8 Å². The molecule has 2 heterocycles. The zero-order chi connectivity index (χ0) is 10.8. The maximum atomic E-state index is 4.57. The molecule has 0 fully saturated rings. The first-order valence-electron chi connectivity index (χ1n) is 5.15. The van der Waals surface area contributed by atoms with E-state index in [-0.39, 0.29) is 0 Å². The molecule has 0 radical (unpaired) electrons. The minimum absolute atomic E-state index is 0.403. The Morgan fingerprint density at radius 2 is 1.87 bits per heavy atom. The van der Waals surface area contributed by atoms with E-state index in [1.807, 2.05) is 16.8 Å². The van der Waals surface area contributed by atoms with Crippen molar-refractivity contribution >= 4 is 0 Å². The minimum Gasteiger partial charge on any atom is -0.267 e. The van der Waals surface area contributed by atoms with Gasteiger partial charge in [-0.15, -0.1) is 0 Å². The van der Waals surface area contributed by atoms with Crippen LogP contribution >= 0.6 is 0 Å². The summed E-state index contributed by atoms with van der Waals surface area (Å²) in [4.78, 5) is 4.00.